The van der Waals surface area contributed by atoms with Gasteiger partial charge in [-0.3, -0.25) is 0 Å². The maximum Gasteiger partial charge on any atom is -0.00302 e. The van der Waals surface area contributed by atoms with Gasteiger partial charge in [-0.2, -0.15) is 0 Å². The topological polar surface area (TPSA) is 0 Å². The second kappa shape index (κ2) is 4.24. The van der Waals surface area contributed by atoms with Crippen LogP contribution >= 0.6 is 0 Å². The Morgan fingerprint density at radius 1 is 0.789 bits per heavy atom. The minimum atomic E-state index is 1.23. The van der Waals surface area contributed by atoms with Gasteiger partial charge in [0.2, 0.25) is 0 Å². The van der Waals surface area contributed by atoms with Crippen LogP contribution in [0.15, 0.2) is 43.0 Å². The largest absolute Gasteiger partial charge is 0.0984 e. The minimum absolute atomic E-state index is 1.23. The van der Waals surface area contributed by atoms with E-state index in [4.69, 9.17) is 0 Å². The maximum absolute atomic E-state index is 3.98. The first-order valence-electron chi connectivity index (χ1n) is 6.67. The molecule has 3 aromatic rings. The van der Waals surface area contributed by atoms with E-state index in [2.05, 4.69) is 63.7 Å². The lowest BCUT2D eigenvalue weighted by Crippen LogP contribution is -1.88. The number of rotatable bonds is 1. The molecule has 0 aliphatic carbocycles. The third-order valence-corrected chi connectivity index (χ3v) is 3.77. The summed E-state index contributed by atoms with van der Waals surface area (Å²) in [6, 6.07) is 13.4. The summed E-state index contributed by atoms with van der Waals surface area (Å²) in [5.41, 5.74) is 5.17. The van der Waals surface area contributed by atoms with Crippen molar-refractivity contribution in [2.75, 3.05) is 0 Å². The van der Waals surface area contributed by atoms with Crippen molar-refractivity contribution in [2.24, 2.45) is 0 Å². The molecule has 0 atom stereocenters. The Bertz CT molecular complexity index is 807. The van der Waals surface area contributed by atoms with E-state index >= 15 is 0 Å². The van der Waals surface area contributed by atoms with E-state index in [-0.39, 0.29) is 0 Å². The predicted molar refractivity (Wildman–Crippen MR) is 85.8 cm³/mol. The highest BCUT2D eigenvalue weighted by atomic mass is 14.1. The number of benzene rings is 3. The van der Waals surface area contributed by atoms with Gasteiger partial charge < -0.3 is 0 Å². The van der Waals surface area contributed by atoms with Crippen LogP contribution in [0.4, 0.5) is 0 Å². The highest BCUT2D eigenvalue weighted by Crippen LogP contribution is 2.32. The fourth-order valence-corrected chi connectivity index (χ4v) is 3.08. The molecular formula is C19H18. The van der Waals surface area contributed by atoms with Crippen LogP contribution in [-0.4, -0.2) is 0 Å². The fraction of sp³-hybridized carbons (Fsp3) is 0.158. The highest BCUT2D eigenvalue weighted by molar-refractivity contribution is 6.12. The Morgan fingerprint density at radius 2 is 1.37 bits per heavy atom. The van der Waals surface area contributed by atoms with E-state index in [1.807, 2.05) is 6.08 Å². The third kappa shape index (κ3) is 1.84. The zero-order chi connectivity index (χ0) is 13.6. The van der Waals surface area contributed by atoms with E-state index in [0.29, 0.717) is 0 Å². The zero-order valence-corrected chi connectivity index (χ0v) is 11.7. The van der Waals surface area contributed by atoms with Gasteiger partial charge in [-0.05, 0) is 59.0 Å². The van der Waals surface area contributed by atoms with Crippen LogP contribution in [0.5, 0.6) is 0 Å². The molecule has 0 fully saturated rings. The first-order valence-corrected chi connectivity index (χ1v) is 6.67. The summed E-state index contributed by atoms with van der Waals surface area (Å²) in [5, 5.41) is 5.31. The van der Waals surface area contributed by atoms with Gasteiger partial charge in [0, 0.05) is 0 Å². The molecule has 0 aromatic heterocycles. The standard InChI is InChI=1S/C19H18/c1-5-15-9-13(3)11-17-7-6-16-10-12(2)8-14(4)18(16)19(15)17/h5-11H,1H2,2-4H3. The average molecular weight is 246 g/mol. The number of aryl methyl sites for hydroxylation is 3. The Morgan fingerprint density at radius 3 is 2.00 bits per heavy atom. The SMILES string of the molecule is C=Cc1cc(C)cc2ccc3cc(C)cc(C)c3c12. The quantitative estimate of drug-likeness (QED) is 0.493. The first-order chi connectivity index (χ1) is 9.10. The van der Waals surface area contributed by atoms with Crippen LogP contribution in [-0.2, 0) is 0 Å². The Kier molecular flexibility index (Phi) is 2.67. The van der Waals surface area contributed by atoms with Crippen molar-refractivity contribution in [2.45, 2.75) is 20.8 Å². The average Bonchev–Trinajstić information content (AvgIpc) is 2.36. The summed E-state index contributed by atoms with van der Waals surface area (Å²) < 4.78 is 0. The van der Waals surface area contributed by atoms with Crippen LogP contribution in [0.2, 0.25) is 0 Å². The molecule has 3 rings (SSSR count). The summed E-state index contributed by atoms with van der Waals surface area (Å²) in [7, 11) is 0. The van der Waals surface area contributed by atoms with Gasteiger partial charge in [-0.1, -0.05) is 54.6 Å². The van der Waals surface area contributed by atoms with E-state index in [1.165, 1.54) is 43.8 Å². The predicted octanol–water partition coefficient (Wildman–Crippen LogP) is 5.56. The lowest BCUT2D eigenvalue weighted by molar-refractivity contribution is 1.43. The molecule has 0 saturated heterocycles. The molecule has 0 bridgehead atoms. The summed E-state index contributed by atoms with van der Waals surface area (Å²) in [6.45, 7) is 10.5. The van der Waals surface area contributed by atoms with Gasteiger partial charge in [-0.15, -0.1) is 0 Å². The third-order valence-electron chi connectivity index (χ3n) is 3.77. The van der Waals surface area contributed by atoms with E-state index < -0.39 is 0 Å². The summed E-state index contributed by atoms with van der Waals surface area (Å²) in [4.78, 5) is 0. The molecule has 0 unspecified atom stereocenters. The van der Waals surface area contributed by atoms with Crippen LogP contribution in [0.1, 0.15) is 22.3 Å². The monoisotopic (exact) mass is 246 g/mol. The Labute approximate surface area is 114 Å². The second-order valence-corrected chi connectivity index (χ2v) is 5.40. The highest BCUT2D eigenvalue weighted by Gasteiger charge is 2.08. The summed E-state index contributed by atoms with van der Waals surface area (Å²) in [6.07, 6.45) is 1.97. The smallest absolute Gasteiger partial charge is 0.00302 e. The molecule has 0 amide bonds. The molecule has 0 radical (unpaired) electrons. The van der Waals surface area contributed by atoms with Crippen LogP contribution in [0.3, 0.4) is 0 Å². The Balaban J connectivity index is 2.62. The van der Waals surface area contributed by atoms with Gasteiger partial charge in [0.15, 0.2) is 0 Å². The van der Waals surface area contributed by atoms with Crippen molar-refractivity contribution in [3.8, 4) is 0 Å². The van der Waals surface area contributed by atoms with Crippen LogP contribution in [0, 0.1) is 20.8 Å². The molecule has 0 saturated carbocycles. The molecule has 0 aliphatic heterocycles. The van der Waals surface area contributed by atoms with E-state index in [1.54, 1.807) is 0 Å². The maximum atomic E-state index is 3.98. The van der Waals surface area contributed by atoms with Crippen molar-refractivity contribution < 1.29 is 0 Å². The van der Waals surface area contributed by atoms with Gasteiger partial charge in [0.25, 0.3) is 0 Å². The van der Waals surface area contributed by atoms with Crippen molar-refractivity contribution in [3.63, 3.8) is 0 Å². The van der Waals surface area contributed by atoms with Crippen LogP contribution in [0.25, 0.3) is 27.6 Å². The lowest BCUT2D eigenvalue weighted by Gasteiger charge is -2.12. The molecule has 0 N–H and O–H groups in total. The molecule has 19 heavy (non-hydrogen) atoms. The van der Waals surface area contributed by atoms with E-state index in [0.717, 1.165) is 0 Å². The molecule has 3 aromatic carbocycles. The Hall–Kier alpha value is -2.08. The molecular weight excluding hydrogens is 228 g/mol. The number of fused-ring (bicyclic) bond motifs is 3. The van der Waals surface area contributed by atoms with Crippen LogP contribution < -0.4 is 0 Å². The van der Waals surface area contributed by atoms with Gasteiger partial charge in [0.1, 0.15) is 0 Å². The summed E-state index contributed by atoms with van der Waals surface area (Å²) >= 11 is 0. The summed E-state index contributed by atoms with van der Waals surface area (Å²) in [5.74, 6) is 0. The van der Waals surface area contributed by atoms with Crippen molar-refractivity contribution in [1.82, 2.24) is 0 Å². The molecule has 0 spiro atoms. The van der Waals surface area contributed by atoms with Gasteiger partial charge in [-0.25, -0.2) is 0 Å². The van der Waals surface area contributed by atoms with Crippen molar-refractivity contribution in [1.29, 1.82) is 0 Å². The molecule has 0 heteroatoms. The number of hydrogen-bond donors (Lipinski definition) is 0. The second-order valence-electron chi connectivity index (χ2n) is 5.40. The van der Waals surface area contributed by atoms with E-state index in [9.17, 15) is 0 Å². The number of hydrogen-bond acceptors (Lipinski definition) is 0. The van der Waals surface area contributed by atoms with Crippen molar-refractivity contribution >= 4 is 27.6 Å². The van der Waals surface area contributed by atoms with Gasteiger partial charge in [0.05, 0.1) is 0 Å². The van der Waals surface area contributed by atoms with Crippen molar-refractivity contribution in [3.05, 3.63) is 65.2 Å². The molecule has 0 heterocycles. The normalized spacial score (nSPS) is 11.1. The minimum Gasteiger partial charge on any atom is -0.0984 e. The molecule has 0 nitrogen and oxygen atoms in total. The lowest BCUT2D eigenvalue weighted by atomic mass is 9.92. The zero-order valence-electron chi connectivity index (χ0n) is 11.7. The molecule has 94 valence electrons. The van der Waals surface area contributed by atoms with Gasteiger partial charge >= 0.3 is 0 Å². The fourth-order valence-electron chi connectivity index (χ4n) is 3.08. The first kappa shape index (κ1) is 12.0. The molecule has 0 aliphatic rings.